The molecule has 2 unspecified atom stereocenters. The van der Waals surface area contributed by atoms with Crippen LogP contribution in [0.2, 0.25) is 0 Å². The topological polar surface area (TPSA) is 9.23 Å². The molecule has 108 valence electrons. The molecule has 0 aliphatic heterocycles. The van der Waals surface area contributed by atoms with E-state index in [4.69, 9.17) is 4.74 Å². The van der Waals surface area contributed by atoms with Gasteiger partial charge in [0.2, 0.25) is 0 Å². The van der Waals surface area contributed by atoms with Gasteiger partial charge in [-0.3, -0.25) is 0 Å². The van der Waals surface area contributed by atoms with Gasteiger partial charge in [-0.1, -0.05) is 53.2 Å². The van der Waals surface area contributed by atoms with Crippen molar-refractivity contribution in [3.8, 4) is 5.75 Å². The van der Waals surface area contributed by atoms with E-state index < -0.39 is 0 Å². The van der Waals surface area contributed by atoms with Gasteiger partial charge in [0.05, 0.1) is 7.11 Å². The molecular weight excluding hydrogens is 251 g/mol. The Morgan fingerprint density at radius 2 is 1.53 bits per heavy atom. The highest BCUT2D eigenvalue weighted by atomic mass is 31.0. The molecule has 0 fully saturated rings. The number of ether oxygens (including phenoxy) is 1. The fourth-order valence-electron chi connectivity index (χ4n) is 2.48. The molecule has 1 aromatic rings. The van der Waals surface area contributed by atoms with E-state index >= 15 is 0 Å². The predicted octanol–water partition coefficient (Wildman–Crippen LogP) is 5.66. The first-order chi connectivity index (χ1) is 8.92. The summed E-state index contributed by atoms with van der Waals surface area (Å²) in [5.74, 6) is 2.07. The molecule has 0 heterocycles. The summed E-state index contributed by atoms with van der Waals surface area (Å²) in [6.07, 6.45) is 2.43. The summed E-state index contributed by atoms with van der Waals surface area (Å²) in [7, 11) is 4.78. The molecule has 19 heavy (non-hydrogen) atoms. The zero-order chi connectivity index (χ0) is 14.6. The largest absolute Gasteiger partial charge is 0.496 e. The first kappa shape index (κ1) is 16.5. The molecule has 0 aliphatic rings. The molecule has 0 saturated carbocycles. The normalized spacial score (nSPS) is 13.1. The SMILES string of the molecule is CCCC(P)c1cc(C(C)C)c(OC)c(C(C)C)c1. The third-order valence-electron chi connectivity index (χ3n) is 3.64. The molecule has 0 bridgehead atoms. The summed E-state index contributed by atoms with van der Waals surface area (Å²) in [5.41, 5.74) is 4.66. The third kappa shape index (κ3) is 3.96. The van der Waals surface area contributed by atoms with Crippen molar-refractivity contribution in [3.05, 3.63) is 28.8 Å². The van der Waals surface area contributed by atoms with E-state index in [1.54, 1.807) is 7.11 Å². The molecule has 0 radical (unpaired) electrons. The lowest BCUT2D eigenvalue weighted by molar-refractivity contribution is 0.400. The summed E-state index contributed by atoms with van der Waals surface area (Å²) in [4.78, 5) is 0. The van der Waals surface area contributed by atoms with E-state index in [9.17, 15) is 0 Å². The zero-order valence-corrected chi connectivity index (χ0v) is 14.4. The van der Waals surface area contributed by atoms with Gasteiger partial charge in [0.1, 0.15) is 5.75 Å². The minimum Gasteiger partial charge on any atom is -0.496 e. The Morgan fingerprint density at radius 3 is 1.84 bits per heavy atom. The maximum Gasteiger partial charge on any atom is 0.125 e. The number of benzene rings is 1. The van der Waals surface area contributed by atoms with Crippen LogP contribution in [0.4, 0.5) is 0 Å². The van der Waals surface area contributed by atoms with E-state index in [1.807, 2.05) is 0 Å². The Balaban J connectivity index is 3.36. The predicted molar refractivity (Wildman–Crippen MR) is 88.5 cm³/mol. The Labute approximate surface area is 121 Å². The Kier molecular flexibility index (Phi) is 6.33. The molecule has 0 spiro atoms. The Hall–Kier alpha value is -0.550. The number of rotatable bonds is 6. The lowest BCUT2D eigenvalue weighted by Crippen LogP contribution is -2.04. The molecule has 0 amide bonds. The van der Waals surface area contributed by atoms with Crippen molar-refractivity contribution in [3.63, 3.8) is 0 Å². The Bertz CT molecular complexity index is 381. The summed E-state index contributed by atoms with van der Waals surface area (Å²) in [5, 5.41) is 0. The van der Waals surface area contributed by atoms with E-state index in [0.717, 1.165) is 5.75 Å². The van der Waals surface area contributed by atoms with Crippen LogP contribution in [-0.4, -0.2) is 7.11 Å². The van der Waals surface area contributed by atoms with Gasteiger partial charge in [-0.2, -0.15) is 0 Å². The smallest absolute Gasteiger partial charge is 0.125 e. The van der Waals surface area contributed by atoms with Crippen LogP contribution in [0.15, 0.2) is 12.1 Å². The van der Waals surface area contributed by atoms with E-state index in [-0.39, 0.29) is 0 Å². The third-order valence-corrected chi connectivity index (χ3v) is 4.36. The van der Waals surface area contributed by atoms with Crippen LogP contribution < -0.4 is 4.74 Å². The summed E-state index contributed by atoms with van der Waals surface area (Å²) < 4.78 is 5.69. The van der Waals surface area contributed by atoms with Crippen LogP contribution in [0, 0.1) is 0 Å². The van der Waals surface area contributed by atoms with Gasteiger partial charge >= 0.3 is 0 Å². The van der Waals surface area contributed by atoms with Crippen molar-refractivity contribution in [2.75, 3.05) is 7.11 Å². The maximum absolute atomic E-state index is 5.69. The second-order valence-corrected chi connectivity index (χ2v) is 6.74. The van der Waals surface area contributed by atoms with Crippen molar-refractivity contribution >= 4 is 9.24 Å². The lowest BCUT2D eigenvalue weighted by atomic mass is 9.90. The lowest BCUT2D eigenvalue weighted by Gasteiger charge is -2.22. The molecule has 2 heteroatoms. The summed E-state index contributed by atoms with van der Waals surface area (Å²) in [6.45, 7) is 11.2. The highest BCUT2D eigenvalue weighted by molar-refractivity contribution is 7.17. The van der Waals surface area contributed by atoms with E-state index in [0.29, 0.717) is 17.5 Å². The first-order valence-corrected chi connectivity index (χ1v) is 8.06. The monoisotopic (exact) mass is 280 g/mol. The highest BCUT2D eigenvalue weighted by Gasteiger charge is 2.18. The quantitative estimate of drug-likeness (QED) is 0.611. The molecule has 1 rings (SSSR count). The fraction of sp³-hybridized carbons (Fsp3) is 0.647. The Morgan fingerprint density at radius 1 is 1.05 bits per heavy atom. The van der Waals surface area contributed by atoms with Crippen LogP contribution in [0.1, 0.15) is 81.6 Å². The average molecular weight is 280 g/mol. The van der Waals surface area contributed by atoms with E-state index in [2.05, 4.69) is 56.0 Å². The molecule has 0 aliphatic carbocycles. The zero-order valence-electron chi connectivity index (χ0n) is 13.3. The minimum atomic E-state index is 0.492. The molecule has 2 atom stereocenters. The second-order valence-electron chi connectivity index (χ2n) is 5.94. The van der Waals surface area contributed by atoms with Crippen molar-refractivity contribution < 1.29 is 4.74 Å². The van der Waals surface area contributed by atoms with E-state index in [1.165, 1.54) is 29.5 Å². The maximum atomic E-state index is 5.69. The molecule has 0 saturated heterocycles. The van der Waals surface area contributed by atoms with Crippen molar-refractivity contribution in [2.24, 2.45) is 0 Å². The van der Waals surface area contributed by atoms with Gasteiger partial charge in [0.15, 0.2) is 0 Å². The van der Waals surface area contributed by atoms with Crippen LogP contribution >= 0.6 is 9.24 Å². The number of hydrogen-bond acceptors (Lipinski definition) is 1. The van der Waals surface area contributed by atoms with Crippen molar-refractivity contribution in [1.82, 2.24) is 0 Å². The number of hydrogen-bond donors (Lipinski definition) is 0. The molecular formula is C17H29OP. The minimum absolute atomic E-state index is 0.492. The van der Waals surface area contributed by atoms with Gasteiger partial charge in [-0.25, -0.2) is 0 Å². The van der Waals surface area contributed by atoms with Gasteiger partial charge in [0, 0.05) is 0 Å². The average Bonchev–Trinajstić information content (AvgIpc) is 2.36. The van der Waals surface area contributed by atoms with Gasteiger partial charge in [-0.15, -0.1) is 9.24 Å². The van der Waals surface area contributed by atoms with Crippen LogP contribution in [-0.2, 0) is 0 Å². The standard InChI is InChI=1S/C17H29OP/c1-7-8-16(19)13-9-14(11(2)3)17(18-6)15(10-13)12(4)5/h9-12,16H,7-8,19H2,1-6H3. The first-order valence-electron chi connectivity index (χ1n) is 7.39. The molecule has 1 nitrogen and oxygen atoms in total. The fourth-order valence-corrected chi connectivity index (χ4v) is 3.01. The number of methoxy groups -OCH3 is 1. The van der Waals surface area contributed by atoms with Gasteiger partial charge < -0.3 is 4.74 Å². The van der Waals surface area contributed by atoms with Crippen molar-refractivity contribution in [1.29, 1.82) is 0 Å². The highest BCUT2D eigenvalue weighted by Crippen LogP contribution is 2.39. The van der Waals surface area contributed by atoms with Crippen LogP contribution in [0.3, 0.4) is 0 Å². The molecule has 1 aromatic carbocycles. The van der Waals surface area contributed by atoms with Crippen molar-refractivity contribution in [2.45, 2.75) is 65.0 Å². The summed E-state index contributed by atoms with van der Waals surface area (Å²) in [6, 6.07) is 4.67. The summed E-state index contributed by atoms with van der Waals surface area (Å²) >= 11 is 0. The van der Waals surface area contributed by atoms with Crippen LogP contribution in [0.25, 0.3) is 0 Å². The molecule has 0 N–H and O–H groups in total. The van der Waals surface area contributed by atoms with Gasteiger partial charge in [-0.05, 0) is 40.6 Å². The van der Waals surface area contributed by atoms with Gasteiger partial charge in [0.25, 0.3) is 0 Å². The second kappa shape index (κ2) is 7.29. The van der Waals surface area contributed by atoms with Crippen LogP contribution in [0.5, 0.6) is 5.75 Å². The molecule has 0 aromatic heterocycles.